The van der Waals surface area contributed by atoms with Gasteiger partial charge in [-0.15, -0.1) is 11.6 Å². The Morgan fingerprint density at radius 1 is 1.19 bits per heavy atom. The van der Waals surface area contributed by atoms with Crippen LogP contribution in [0.15, 0.2) is 18.2 Å². The van der Waals surface area contributed by atoms with Crippen molar-refractivity contribution in [3.8, 4) is 0 Å². The van der Waals surface area contributed by atoms with Crippen molar-refractivity contribution in [3.05, 3.63) is 34.9 Å². The number of nitrogens with one attached hydrogen (secondary N) is 1. The van der Waals surface area contributed by atoms with Crippen LogP contribution in [0.4, 0.5) is 0 Å². The lowest BCUT2D eigenvalue weighted by Gasteiger charge is -2.31. The van der Waals surface area contributed by atoms with E-state index in [1.807, 2.05) is 0 Å². The van der Waals surface area contributed by atoms with E-state index in [-0.39, 0.29) is 0 Å². The first kappa shape index (κ1) is 11.9. The Morgan fingerprint density at radius 3 is 2.38 bits per heavy atom. The molecule has 1 fully saturated rings. The Morgan fingerprint density at radius 2 is 1.81 bits per heavy atom. The lowest BCUT2D eigenvalue weighted by Crippen LogP contribution is -2.33. The molecule has 2 heteroatoms. The van der Waals surface area contributed by atoms with E-state index in [0.717, 1.165) is 19.0 Å². The molecule has 1 aromatic rings. The van der Waals surface area contributed by atoms with Crippen molar-refractivity contribution in [2.24, 2.45) is 5.92 Å². The van der Waals surface area contributed by atoms with Crippen LogP contribution in [0.1, 0.15) is 29.5 Å². The molecule has 1 aliphatic carbocycles. The van der Waals surface area contributed by atoms with E-state index in [1.54, 1.807) is 0 Å². The summed E-state index contributed by atoms with van der Waals surface area (Å²) < 4.78 is 0. The van der Waals surface area contributed by atoms with E-state index in [2.05, 4.69) is 37.4 Å². The Bertz CT molecular complexity index is 336. The molecule has 0 aliphatic heterocycles. The Kier molecular flexibility index (Phi) is 3.88. The fourth-order valence-corrected chi connectivity index (χ4v) is 2.92. The minimum atomic E-state index is 0.438. The second-order valence-corrected chi connectivity index (χ2v) is 5.68. The zero-order valence-electron chi connectivity index (χ0n) is 10.1. The van der Waals surface area contributed by atoms with Crippen LogP contribution in [0.2, 0.25) is 0 Å². The van der Waals surface area contributed by atoms with E-state index in [1.165, 1.54) is 29.5 Å². The van der Waals surface area contributed by atoms with Crippen molar-refractivity contribution in [3.63, 3.8) is 0 Å². The molecule has 0 aromatic heterocycles. The molecule has 1 saturated carbocycles. The molecule has 1 aromatic carbocycles. The van der Waals surface area contributed by atoms with Crippen LogP contribution in [0.25, 0.3) is 0 Å². The van der Waals surface area contributed by atoms with Crippen molar-refractivity contribution >= 4 is 11.6 Å². The SMILES string of the molecule is Cc1cc(C)cc(CNCC2CC(Cl)C2)c1. The van der Waals surface area contributed by atoms with Crippen molar-refractivity contribution in [2.45, 2.75) is 38.6 Å². The number of alkyl halides is 1. The van der Waals surface area contributed by atoms with E-state index in [0.29, 0.717) is 5.38 Å². The summed E-state index contributed by atoms with van der Waals surface area (Å²) in [6.07, 6.45) is 2.36. The minimum absolute atomic E-state index is 0.438. The molecule has 0 saturated heterocycles. The third kappa shape index (κ3) is 3.23. The summed E-state index contributed by atoms with van der Waals surface area (Å²) in [5, 5.41) is 3.96. The largest absolute Gasteiger partial charge is 0.312 e. The molecule has 0 amide bonds. The van der Waals surface area contributed by atoms with E-state index < -0.39 is 0 Å². The quantitative estimate of drug-likeness (QED) is 0.792. The van der Waals surface area contributed by atoms with Gasteiger partial charge in [-0.2, -0.15) is 0 Å². The number of benzene rings is 1. The predicted molar refractivity (Wildman–Crippen MR) is 70.0 cm³/mol. The van der Waals surface area contributed by atoms with Gasteiger partial charge in [-0.1, -0.05) is 29.3 Å². The molecule has 0 heterocycles. The van der Waals surface area contributed by atoms with Crippen LogP contribution in [0.3, 0.4) is 0 Å². The minimum Gasteiger partial charge on any atom is -0.312 e. The summed E-state index contributed by atoms with van der Waals surface area (Å²) in [6.45, 7) is 6.39. The second-order valence-electron chi connectivity index (χ2n) is 5.06. The second kappa shape index (κ2) is 5.20. The average molecular weight is 238 g/mol. The van der Waals surface area contributed by atoms with Gasteiger partial charge in [0.1, 0.15) is 0 Å². The number of hydrogen-bond acceptors (Lipinski definition) is 1. The van der Waals surface area contributed by atoms with Crippen LogP contribution in [0.5, 0.6) is 0 Å². The summed E-state index contributed by atoms with van der Waals surface area (Å²) in [6, 6.07) is 6.73. The topological polar surface area (TPSA) is 12.0 Å². The first-order valence-electron chi connectivity index (χ1n) is 6.05. The highest BCUT2D eigenvalue weighted by atomic mass is 35.5. The highest BCUT2D eigenvalue weighted by Crippen LogP contribution is 2.31. The predicted octanol–water partition coefficient (Wildman–Crippen LogP) is 3.41. The Hall–Kier alpha value is -0.530. The van der Waals surface area contributed by atoms with Crippen molar-refractivity contribution < 1.29 is 0 Å². The fourth-order valence-electron chi connectivity index (χ4n) is 2.41. The fraction of sp³-hybridized carbons (Fsp3) is 0.571. The molecule has 0 radical (unpaired) electrons. The van der Waals surface area contributed by atoms with Gasteiger partial charge in [-0.05, 0) is 44.7 Å². The molecule has 16 heavy (non-hydrogen) atoms. The normalized spacial score (nSPS) is 24.2. The summed E-state index contributed by atoms with van der Waals surface area (Å²) in [4.78, 5) is 0. The molecule has 88 valence electrons. The van der Waals surface area contributed by atoms with Crippen LogP contribution in [-0.4, -0.2) is 11.9 Å². The summed E-state index contributed by atoms with van der Waals surface area (Å²) in [5.41, 5.74) is 4.08. The van der Waals surface area contributed by atoms with Crippen LogP contribution in [-0.2, 0) is 6.54 Å². The van der Waals surface area contributed by atoms with Gasteiger partial charge in [-0.3, -0.25) is 0 Å². The molecule has 1 nitrogen and oxygen atoms in total. The molecule has 0 spiro atoms. The highest BCUT2D eigenvalue weighted by molar-refractivity contribution is 6.21. The van der Waals surface area contributed by atoms with Crippen molar-refractivity contribution in [2.75, 3.05) is 6.54 Å². The van der Waals surface area contributed by atoms with E-state index in [9.17, 15) is 0 Å². The first-order valence-corrected chi connectivity index (χ1v) is 6.49. The summed E-state index contributed by atoms with van der Waals surface area (Å²) in [5.74, 6) is 0.799. The maximum absolute atomic E-state index is 5.95. The van der Waals surface area contributed by atoms with E-state index in [4.69, 9.17) is 11.6 Å². The number of hydrogen-bond donors (Lipinski definition) is 1. The first-order chi connectivity index (χ1) is 7.63. The van der Waals surface area contributed by atoms with Gasteiger partial charge in [0.05, 0.1) is 0 Å². The van der Waals surface area contributed by atoms with Gasteiger partial charge >= 0.3 is 0 Å². The molecule has 1 N–H and O–H groups in total. The molecule has 0 bridgehead atoms. The molecule has 0 atom stereocenters. The molecule has 0 unspecified atom stereocenters. The standard InChI is InChI=1S/C14H20ClN/c1-10-3-11(2)5-12(4-10)8-16-9-13-6-14(15)7-13/h3-5,13-14,16H,6-9H2,1-2H3. The molecule has 1 aliphatic rings. The third-order valence-corrected chi connectivity index (χ3v) is 3.58. The highest BCUT2D eigenvalue weighted by Gasteiger charge is 2.26. The van der Waals surface area contributed by atoms with Crippen LogP contribution < -0.4 is 5.32 Å². The zero-order chi connectivity index (χ0) is 11.5. The van der Waals surface area contributed by atoms with E-state index >= 15 is 0 Å². The maximum Gasteiger partial charge on any atom is 0.0342 e. The van der Waals surface area contributed by atoms with Crippen molar-refractivity contribution in [1.82, 2.24) is 5.32 Å². The number of aryl methyl sites for hydroxylation is 2. The third-order valence-electron chi connectivity index (χ3n) is 3.22. The van der Waals surface area contributed by atoms with Gasteiger partial charge in [0.25, 0.3) is 0 Å². The van der Waals surface area contributed by atoms with Gasteiger partial charge < -0.3 is 5.32 Å². The van der Waals surface area contributed by atoms with Crippen molar-refractivity contribution in [1.29, 1.82) is 0 Å². The summed E-state index contributed by atoms with van der Waals surface area (Å²) in [7, 11) is 0. The zero-order valence-corrected chi connectivity index (χ0v) is 10.8. The van der Waals surface area contributed by atoms with Gasteiger partial charge in [-0.25, -0.2) is 0 Å². The maximum atomic E-state index is 5.95. The molecular formula is C14H20ClN. The number of rotatable bonds is 4. The van der Waals surface area contributed by atoms with Crippen LogP contribution >= 0.6 is 11.6 Å². The smallest absolute Gasteiger partial charge is 0.0342 e. The Balaban J connectivity index is 1.76. The van der Waals surface area contributed by atoms with Gasteiger partial charge in [0.15, 0.2) is 0 Å². The van der Waals surface area contributed by atoms with Gasteiger partial charge in [0, 0.05) is 11.9 Å². The number of halogens is 1. The Labute approximate surface area is 103 Å². The van der Waals surface area contributed by atoms with Gasteiger partial charge in [0.2, 0.25) is 0 Å². The lowest BCUT2D eigenvalue weighted by atomic mass is 9.85. The van der Waals surface area contributed by atoms with Crippen LogP contribution in [0, 0.1) is 19.8 Å². The lowest BCUT2D eigenvalue weighted by molar-refractivity contribution is 0.308. The average Bonchev–Trinajstić information content (AvgIpc) is 2.13. The molecule has 2 rings (SSSR count). The summed E-state index contributed by atoms with van der Waals surface area (Å²) >= 11 is 5.95. The molecular weight excluding hydrogens is 218 g/mol. The monoisotopic (exact) mass is 237 g/mol.